The fourth-order valence-electron chi connectivity index (χ4n) is 2.96. The summed E-state index contributed by atoms with van der Waals surface area (Å²) in [6, 6.07) is 0.590. The molecular formula is C14H27N5O. The van der Waals surface area contributed by atoms with Gasteiger partial charge in [0.1, 0.15) is 0 Å². The van der Waals surface area contributed by atoms with Crippen molar-refractivity contribution in [3.05, 3.63) is 5.82 Å². The first kappa shape index (κ1) is 15.4. The second-order valence-corrected chi connectivity index (χ2v) is 6.07. The van der Waals surface area contributed by atoms with Crippen molar-refractivity contribution in [2.45, 2.75) is 52.1 Å². The molecule has 0 radical (unpaired) electrons. The van der Waals surface area contributed by atoms with Gasteiger partial charge in [0.25, 0.3) is 0 Å². The fraction of sp³-hybridized carbons (Fsp3) is 0.929. The molecule has 1 aliphatic rings. The number of nitrogens with zero attached hydrogens (tertiary/aromatic N) is 4. The maximum atomic E-state index is 5.06. The van der Waals surface area contributed by atoms with Gasteiger partial charge >= 0.3 is 0 Å². The molecule has 0 amide bonds. The molecule has 0 spiro atoms. The summed E-state index contributed by atoms with van der Waals surface area (Å²) in [5.41, 5.74) is 0. The van der Waals surface area contributed by atoms with Crippen molar-refractivity contribution >= 4 is 0 Å². The Kier molecular flexibility index (Phi) is 5.48. The fourth-order valence-corrected chi connectivity index (χ4v) is 2.96. The summed E-state index contributed by atoms with van der Waals surface area (Å²) in [6.45, 7) is 8.29. The summed E-state index contributed by atoms with van der Waals surface area (Å²) in [5, 5.41) is 15.7. The number of aromatic nitrogens is 4. The summed E-state index contributed by atoms with van der Waals surface area (Å²) in [7, 11) is 1.71. The highest BCUT2D eigenvalue weighted by Crippen LogP contribution is 2.36. The van der Waals surface area contributed by atoms with Crippen molar-refractivity contribution < 1.29 is 4.74 Å². The zero-order valence-corrected chi connectivity index (χ0v) is 13.0. The molecule has 1 fully saturated rings. The number of nitrogens with one attached hydrogen (secondary N) is 1. The van der Waals surface area contributed by atoms with Crippen molar-refractivity contribution in [1.29, 1.82) is 0 Å². The van der Waals surface area contributed by atoms with Crippen LogP contribution in [0.25, 0.3) is 0 Å². The number of hydrogen-bond acceptors (Lipinski definition) is 5. The van der Waals surface area contributed by atoms with Gasteiger partial charge in [0, 0.05) is 13.7 Å². The van der Waals surface area contributed by atoms with E-state index in [0.29, 0.717) is 12.6 Å². The first-order chi connectivity index (χ1) is 9.63. The molecule has 1 N–H and O–H groups in total. The molecule has 114 valence electrons. The molecule has 1 aromatic heterocycles. The maximum Gasteiger partial charge on any atom is 0.168 e. The zero-order valence-electron chi connectivity index (χ0n) is 13.0. The topological polar surface area (TPSA) is 64.9 Å². The average molecular weight is 281 g/mol. The molecular weight excluding hydrogens is 254 g/mol. The highest BCUT2D eigenvalue weighted by Gasteiger charge is 2.29. The second-order valence-electron chi connectivity index (χ2n) is 6.07. The molecule has 1 aliphatic carbocycles. The normalized spacial score (nSPS) is 28.5. The van der Waals surface area contributed by atoms with Gasteiger partial charge in [-0.05, 0) is 48.4 Å². The molecule has 1 heterocycles. The van der Waals surface area contributed by atoms with Crippen LogP contribution in [0.3, 0.4) is 0 Å². The number of hydrogen-bond donors (Lipinski definition) is 1. The van der Waals surface area contributed by atoms with E-state index in [1.165, 1.54) is 19.3 Å². The van der Waals surface area contributed by atoms with Gasteiger partial charge in [-0.2, -0.15) is 0 Å². The SMILES string of the molecule is COCCNC(C)c1nnnn1C1CCC(C)C(C)C1. The van der Waals surface area contributed by atoms with Crippen molar-refractivity contribution in [1.82, 2.24) is 25.5 Å². The Labute approximate surface area is 121 Å². The molecule has 4 atom stereocenters. The van der Waals surface area contributed by atoms with E-state index >= 15 is 0 Å². The molecule has 1 aromatic rings. The third kappa shape index (κ3) is 3.55. The number of rotatable bonds is 6. The lowest BCUT2D eigenvalue weighted by atomic mass is 9.79. The lowest BCUT2D eigenvalue weighted by Gasteiger charge is -2.32. The summed E-state index contributed by atoms with van der Waals surface area (Å²) in [5.74, 6) is 2.49. The molecule has 1 saturated carbocycles. The number of tetrazole rings is 1. The Balaban J connectivity index is 2.01. The monoisotopic (exact) mass is 281 g/mol. The van der Waals surface area contributed by atoms with Crippen LogP contribution in [-0.2, 0) is 4.74 Å². The maximum absolute atomic E-state index is 5.06. The summed E-state index contributed by atoms with van der Waals surface area (Å²) >= 11 is 0. The van der Waals surface area contributed by atoms with Crippen molar-refractivity contribution in [3.63, 3.8) is 0 Å². The second kappa shape index (κ2) is 7.13. The lowest BCUT2D eigenvalue weighted by Crippen LogP contribution is -2.29. The van der Waals surface area contributed by atoms with E-state index < -0.39 is 0 Å². The van der Waals surface area contributed by atoms with Crippen LogP contribution in [0, 0.1) is 11.8 Å². The quantitative estimate of drug-likeness (QED) is 0.808. The van der Waals surface area contributed by atoms with Crippen LogP contribution in [0.4, 0.5) is 0 Å². The third-order valence-corrected chi connectivity index (χ3v) is 4.58. The summed E-state index contributed by atoms with van der Waals surface area (Å²) < 4.78 is 7.10. The Morgan fingerprint density at radius 3 is 2.85 bits per heavy atom. The smallest absolute Gasteiger partial charge is 0.168 e. The predicted molar refractivity (Wildman–Crippen MR) is 77.3 cm³/mol. The van der Waals surface area contributed by atoms with Crippen molar-refractivity contribution in [2.75, 3.05) is 20.3 Å². The molecule has 2 rings (SSSR count). The predicted octanol–water partition coefficient (Wildman–Crippen LogP) is 1.97. The number of ether oxygens (including phenoxy) is 1. The van der Waals surface area contributed by atoms with Gasteiger partial charge in [0.05, 0.1) is 18.7 Å². The van der Waals surface area contributed by atoms with Crippen LogP contribution in [-0.4, -0.2) is 40.5 Å². The van der Waals surface area contributed by atoms with Crippen LogP contribution >= 0.6 is 0 Å². The van der Waals surface area contributed by atoms with Gasteiger partial charge in [0.2, 0.25) is 0 Å². The van der Waals surface area contributed by atoms with E-state index in [-0.39, 0.29) is 6.04 Å². The summed E-state index contributed by atoms with van der Waals surface area (Å²) in [6.07, 6.45) is 3.61. The van der Waals surface area contributed by atoms with E-state index in [1.807, 2.05) is 4.68 Å². The van der Waals surface area contributed by atoms with Gasteiger partial charge in [-0.25, -0.2) is 4.68 Å². The van der Waals surface area contributed by atoms with E-state index in [0.717, 1.165) is 24.2 Å². The van der Waals surface area contributed by atoms with E-state index in [9.17, 15) is 0 Å². The van der Waals surface area contributed by atoms with E-state index in [2.05, 4.69) is 41.6 Å². The van der Waals surface area contributed by atoms with Crippen LogP contribution in [0.5, 0.6) is 0 Å². The van der Waals surface area contributed by atoms with Gasteiger partial charge in [0.15, 0.2) is 5.82 Å². The van der Waals surface area contributed by atoms with Crippen LogP contribution in [0.1, 0.15) is 57.9 Å². The highest BCUT2D eigenvalue weighted by atomic mass is 16.5. The molecule has 4 unspecified atom stereocenters. The van der Waals surface area contributed by atoms with E-state index in [1.54, 1.807) is 7.11 Å². The summed E-state index contributed by atoms with van der Waals surface area (Å²) in [4.78, 5) is 0. The third-order valence-electron chi connectivity index (χ3n) is 4.58. The van der Waals surface area contributed by atoms with E-state index in [4.69, 9.17) is 4.74 Å². The van der Waals surface area contributed by atoms with Crippen LogP contribution < -0.4 is 5.32 Å². The average Bonchev–Trinajstić information content (AvgIpc) is 2.91. The Hall–Kier alpha value is -1.01. The first-order valence-electron chi connectivity index (χ1n) is 7.63. The molecule has 0 bridgehead atoms. The van der Waals surface area contributed by atoms with Crippen LogP contribution in [0.15, 0.2) is 0 Å². The first-order valence-corrected chi connectivity index (χ1v) is 7.63. The minimum absolute atomic E-state index is 0.148. The highest BCUT2D eigenvalue weighted by molar-refractivity contribution is 4.93. The molecule has 0 aliphatic heterocycles. The molecule has 0 saturated heterocycles. The standard InChI is InChI=1S/C14H27N5O/c1-10-5-6-13(9-11(10)2)19-14(16-17-18-19)12(3)15-7-8-20-4/h10-13,15H,5-9H2,1-4H3. The minimum Gasteiger partial charge on any atom is -0.383 e. The van der Waals surface area contributed by atoms with Gasteiger partial charge in [-0.1, -0.05) is 13.8 Å². The lowest BCUT2D eigenvalue weighted by molar-refractivity contribution is 0.187. The minimum atomic E-state index is 0.148. The molecule has 6 heteroatoms. The van der Waals surface area contributed by atoms with Crippen LogP contribution in [0.2, 0.25) is 0 Å². The van der Waals surface area contributed by atoms with Gasteiger partial charge in [-0.15, -0.1) is 5.10 Å². The Morgan fingerprint density at radius 2 is 2.15 bits per heavy atom. The van der Waals surface area contributed by atoms with Gasteiger partial charge < -0.3 is 10.1 Å². The Morgan fingerprint density at radius 1 is 1.35 bits per heavy atom. The van der Waals surface area contributed by atoms with Gasteiger partial charge in [-0.3, -0.25) is 0 Å². The van der Waals surface area contributed by atoms with Crippen molar-refractivity contribution in [2.24, 2.45) is 11.8 Å². The molecule has 20 heavy (non-hydrogen) atoms. The molecule has 0 aromatic carbocycles. The van der Waals surface area contributed by atoms with Crippen molar-refractivity contribution in [3.8, 4) is 0 Å². The number of methoxy groups -OCH3 is 1. The molecule has 6 nitrogen and oxygen atoms in total. The Bertz CT molecular complexity index is 408. The zero-order chi connectivity index (χ0) is 14.5. The largest absolute Gasteiger partial charge is 0.383 e.